The van der Waals surface area contributed by atoms with Crippen molar-refractivity contribution in [3.8, 4) is 5.75 Å². The number of H-pyrrole nitrogens is 1. The van der Waals surface area contributed by atoms with E-state index in [1.807, 2.05) is 0 Å². The lowest BCUT2D eigenvalue weighted by Gasteiger charge is -2.28. The highest BCUT2D eigenvalue weighted by atomic mass is 16.3. The van der Waals surface area contributed by atoms with E-state index in [1.54, 1.807) is 5.32 Å². The molecule has 0 spiro atoms. The molecule has 0 aliphatic rings. The lowest BCUT2D eigenvalue weighted by molar-refractivity contribution is 0.102. The molecule has 0 atom stereocenters. The van der Waals surface area contributed by atoms with Crippen LogP contribution in [0.3, 0.4) is 0 Å². The van der Waals surface area contributed by atoms with Crippen LogP contribution < -0.4 is 10.7 Å². The number of hydrogen-bond donors (Lipinski definition) is 3. The van der Waals surface area contributed by atoms with Crippen LogP contribution >= 0.6 is 0 Å². The number of phenolic OH excluding ortho intramolecular Hbond substituents is 1. The molecule has 0 bridgehead atoms. The van der Waals surface area contributed by atoms with Gasteiger partial charge in [-0.15, -0.1) is 0 Å². The number of nitrogens with one attached hydrogen (secondary N) is 2. The number of pyridine rings is 1. The summed E-state index contributed by atoms with van der Waals surface area (Å²) >= 11 is 0. The summed E-state index contributed by atoms with van der Waals surface area (Å²) in [6.45, 7) is -25.8. The molecule has 5 nitrogen and oxygen atoms in total. The van der Waals surface area contributed by atoms with Gasteiger partial charge in [-0.1, -0.05) is 53.2 Å². The van der Waals surface area contributed by atoms with Crippen molar-refractivity contribution in [3.05, 3.63) is 69.5 Å². The smallest absolute Gasteiger partial charge is 0.261 e. The third-order valence-corrected chi connectivity index (χ3v) is 4.00. The predicted octanol–water partition coefficient (Wildman–Crippen LogP) is 5.08. The van der Waals surface area contributed by atoms with Gasteiger partial charge in [0.15, 0.2) is 0 Å². The normalized spacial score (nSPS) is 25.0. The zero-order valence-corrected chi connectivity index (χ0v) is 14.7. The minimum absolute atomic E-state index is 0.0829. The van der Waals surface area contributed by atoms with Gasteiger partial charge in [0.25, 0.3) is 5.91 Å². The standard InChI is InChI=1S/C24H28N2O3/c1-23(2,3)16-11-17(24(4,5)6)20(27)12-19(16)26-22(29)15-13-25-18-10-8-7-9-14(18)21(15)28/h7-13,27H,1-6H3,(H,25,28)(H,26,29)/i1D3,2D3,3D3,4D3,5D3,6D3,11D,12D. The molecular formula is C24H28N2O3. The molecule has 0 saturated carbocycles. The number of fused-ring (bicyclic) bond motifs is 1. The first-order valence-corrected chi connectivity index (χ1v) is 8.04. The number of benzene rings is 2. The SMILES string of the molecule is [2H]c1c(O)c(C(C([2H])([2H])[2H])(C([2H])([2H])[2H])C([2H])([2H])[2H])c([2H])c(C(C([2H])([2H])[2H])(C([2H])([2H])[2H])C([2H])([2H])[2H])c1NC(=O)c1c[nH]c2ccccc2c1=O. The number of para-hydroxylation sites is 1. The quantitative estimate of drug-likeness (QED) is 0.549. The molecule has 0 unspecified atom stereocenters. The molecular weight excluding hydrogens is 364 g/mol. The molecule has 3 aromatic rings. The predicted molar refractivity (Wildman–Crippen MR) is 118 cm³/mol. The van der Waals surface area contributed by atoms with E-state index < -0.39 is 103 Å². The van der Waals surface area contributed by atoms with Crippen molar-refractivity contribution in [3.63, 3.8) is 0 Å². The van der Waals surface area contributed by atoms with Gasteiger partial charge in [-0.2, -0.15) is 0 Å². The second kappa shape index (κ2) is 7.07. The molecule has 152 valence electrons. The van der Waals surface area contributed by atoms with Crippen molar-refractivity contribution in [2.24, 2.45) is 0 Å². The van der Waals surface area contributed by atoms with Crippen LogP contribution in [-0.4, -0.2) is 16.0 Å². The van der Waals surface area contributed by atoms with E-state index in [1.165, 1.54) is 24.3 Å². The number of amides is 1. The van der Waals surface area contributed by atoms with Crippen LogP contribution in [0.5, 0.6) is 5.75 Å². The summed E-state index contributed by atoms with van der Waals surface area (Å²) in [5.41, 5.74) is -15.9. The maximum atomic E-state index is 13.6. The average molecular weight is 413 g/mol. The summed E-state index contributed by atoms with van der Waals surface area (Å²) in [7, 11) is 0. The number of phenols is 1. The Morgan fingerprint density at radius 1 is 1.07 bits per heavy atom. The van der Waals surface area contributed by atoms with Gasteiger partial charge in [-0.25, -0.2) is 0 Å². The third-order valence-electron chi connectivity index (χ3n) is 4.00. The number of rotatable bonds is 2. The van der Waals surface area contributed by atoms with E-state index in [0.29, 0.717) is 0 Å². The molecule has 0 saturated heterocycles. The van der Waals surface area contributed by atoms with Crippen LogP contribution in [0.25, 0.3) is 10.9 Å². The molecule has 0 radical (unpaired) electrons. The Hall–Kier alpha value is -3.08. The van der Waals surface area contributed by atoms with E-state index in [-0.39, 0.29) is 10.9 Å². The lowest BCUT2D eigenvalue weighted by atomic mass is 9.79. The highest BCUT2D eigenvalue weighted by Crippen LogP contribution is 2.39. The van der Waals surface area contributed by atoms with Gasteiger partial charge in [0.05, 0.1) is 2.74 Å². The minimum atomic E-state index is -4.41. The Morgan fingerprint density at radius 2 is 1.72 bits per heavy atom. The number of anilines is 1. The number of aromatic hydroxyl groups is 1. The second-order valence-corrected chi connectivity index (χ2v) is 6.25. The second-order valence-electron chi connectivity index (χ2n) is 6.25. The maximum absolute atomic E-state index is 13.6. The first-order chi connectivity index (χ1) is 21.7. The van der Waals surface area contributed by atoms with Gasteiger partial charge in [0.1, 0.15) is 11.3 Å². The zero-order valence-electron chi connectivity index (χ0n) is 34.7. The van der Waals surface area contributed by atoms with Crippen molar-refractivity contribution in [1.29, 1.82) is 0 Å². The molecule has 2 aromatic carbocycles. The minimum Gasteiger partial charge on any atom is -0.508 e. The van der Waals surface area contributed by atoms with Gasteiger partial charge < -0.3 is 15.4 Å². The molecule has 1 aromatic heterocycles. The molecule has 29 heavy (non-hydrogen) atoms. The maximum Gasteiger partial charge on any atom is 0.261 e. The lowest BCUT2D eigenvalue weighted by Crippen LogP contribution is -2.25. The summed E-state index contributed by atoms with van der Waals surface area (Å²) in [6, 6.07) is 1.90. The van der Waals surface area contributed by atoms with E-state index >= 15 is 0 Å². The van der Waals surface area contributed by atoms with Crippen LogP contribution in [0.4, 0.5) is 5.69 Å². The Bertz CT molecular complexity index is 1770. The number of hydrogen-bond acceptors (Lipinski definition) is 3. The fraction of sp³-hybridized carbons (Fsp3) is 0.333. The van der Waals surface area contributed by atoms with Gasteiger partial charge in [0, 0.05) is 53.5 Å². The summed E-state index contributed by atoms with van der Waals surface area (Å²) in [5.74, 6) is -3.53. The summed E-state index contributed by atoms with van der Waals surface area (Å²) in [4.78, 5) is 29.4. The van der Waals surface area contributed by atoms with E-state index in [9.17, 15) is 14.7 Å². The number of aromatic nitrogens is 1. The Kier molecular flexibility index (Phi) is 1.71. The first kappa shape index (κ1) is 7.01. The van der Waals surface area contributed by atoms with Crippen LogP contribution in [0.2, 0.25) is 0 Å². The molecule has 3 rings (SSSR count). The topological polar surface area (TPSA) is 82.2 Å². The number of carbonyl (C=O) groups is 1. The fourth-order valence-corrected chi connectivity index (χ4v) is 2.65. The zero-order chi connectivity index (χ0) is 38.3. The monoisotopic (exact) mass is 412 g/mol. The first-order valence-electron chi connectivity index (χ1n) is 18.0. The molecule has 3 N–H and O–H groups in total. The highest BCUT2D eigenvalue weighted by Gasteiger charge is 2.26. The van der Waals surface area contributed by atoms with Crippen LogP contribution in [0.1, 0.15) is 90.0 Å². The van der Waals surface area contributed by atoms with Crippen LogP contribution in [0, 0.1) is 0 Å². The fourth-order valence-electron chi connectivity index (χ4n) is 2.65. The van der Waals surface area contributed by atoms with E-state index in [2.05, 4.69) is 4.98 Å². The molecule has 0 aliphatic carbocycles. The molecule has 0 fully saturated rings. The van der Waals surface area contributed by atoms with Crippen molar-refractivity contribution < 1.29 is 37.3 Å². The number of aromatic amines is 1. The van der Waals surface area contributed by atoms with Gasteiger partial charge >= 0.3 is 0 Å². The summed E-state index contributed by atoms with van der Waals surface area (Å²) in [6.07, 6.45) is 0.840. The van der Waals surface area contributed by atoms with Crippen LogP contribution in [-0.2, 0) is 10.8 Å². The molecule has 1 amide bonds. The van der Waals surface area contributed by atoms with Gasteiger partial charge in [0.2, 0.25) is 5.43 Å². The Morgan fingerprint density at radius 3 is 2.41 bits per heavy atom. The Labute approximate surface area is 198 Å². The van der Waals surface area contributed by atoms with Gasteiger partial charge in [-0.3, -0.25) is 9.59 Å². The highest BCUT2D eigenvalue weighted by molar-refractivity contribution is 6.06. The van der Waals surface area contributed by atoms with E-state index in [0.717, 1.165) is 6.20 Å². The largest absolute Gasteiger partial charge is 0.508 e. The number of carbonyl (C=O) groups excluding carboxylic acids is 1. The van der Waals surface area contributed by atoms with Crippen molar-refractivity contribution >= 4 is 22.5 Å². The van der Waals surface area contributed by atoms with E-state index in [4.69, 9.17) is 27.4 Å². The van der Waals surface area contributed by atoms with Crippen molar-refractivity contribution in [2.45, 2.75) is 51.9 Å². The Balaban J connectivity index is 2.76. The van der Waals surface area contributed by atoms with Crippen LogP contribution in [0.15, 0.2) is 47.3 Å². The summed E-state index contributed by atoms with van der Waals surface area (Å²) in [5, 5.41) is 13.0. The third kappa shape index (κ3) is 4.04. The van der Waals surface area contributed by atoms with Crippen molar-refractivity contribution in [2.75, 3.05) is 5.32 Å². The summed E-state index contributed by atoms with van der Waals surface area (Å²) < 4.78 is 163. The molecule has 5 heteroatoms. The average Bonchev–Trinajstić information content (AvgIpc) is 2.87. The molecule has 0 aliphatic heterocycles. The molecule has 1 heterocycles. The van der Waals surface area contributed by atoms with Crippen molar-refractivity contribution in [1.82, 2.24) is 4.98 Å². The van der Waals surface area contributed by atoms with Gasteiger partial charge in [-0.05, 0) is 40.1 Å².